The van der Waals surface area contributed by atoms with E-state index >= 15 is 0 Å². The minimum atomic E-state index is -0.246. The zero-order chi connectivity index (χ0) is 15.8. The lowest BCUT2D eigenvalue weighted by Gasteiger charge is -2.44. The van der Waals surface area contributed by atoms with Gasteiger partial charge in [-0.25, -0.2) is 4.79 Å². The number of carbonyl (C=O) groups excluding carboxylic acids is 1. The van der Waals surface area contributed by atoms with Gasteiger partial charge in [0.05, 0.1) is 6.04 Å². The molecule has 4 aliphatic rings. The lowest BCUT2D eigenvalue weighted by Crippen LogP contribution is -2.52. The summed E-state index contributed by atoms with van der Waals surface area (Å²) in [6, 6.07) is 6.43. The van der Waals surface area contributed by atoms with Crippen LogP contribution in [-0.4, -0.2) is 36.7 Å². The molecule has 1 unspecified atom stereocenters. The number of hydrogen-bond donors (Lipinski definition) is 1. The summed E-state index contributed by atoms with van der Waals surface area (Å²) in [6.45, 7) is 3.24. The Balaban J connectivity index is 1.40. The van der Waals surface area contributed by atoms with Crippen LogP contribution in [0.4, 0.5) is 4.79 Å². The average molecular weight is 379 g/mol. The van der Waals surface area contributed by atoms with Crippen molar-refractivity contribution in [3.05, 3.63) is 33.8 Å². The molecule has 1 aliphatic carbocycles. The maximum absolute atomic E-state index is 12.4. The summed E-state index contributed by atoms with van der Waals surface area (Å²) < 4.78 is 6.87. The fraction of sp³-hybridized carbons (Fsp3) is 0.611. The van der Waals surface area contributed by atoms with E-state index in [0.717, 1.165) is 56.2 Å². The van der Waals surface area contributed by atoms with Gasteiger partial charge < -0.3 is 10.1 Å². The van der Waals surface area contributed by atoms with Gasteiger partial charge in [-0.3, -0.25) is 4.90 Å². The Morgan fingerprint density at radius 3 is 2.83 bits per heavy atom. The third kappa shape index (κ3) is 3.26. The summed E-state index contributed by atoms with van der Waals surface area (Å²) in [4.78, 5) is 14.8. The number of ether oxygens (including phenoxy) is 1. The lowest BCUT2D eigenvalue weighted by atomic mass is 9.86. The van der Waals surface area contributed by atoms with Gasteiger partial charge in [-0.2, -0.15) is 0 Å². The van der Waals surface area contributed by atoms with E-state index in [4.69, 9.17) is 4.74 Å². The molecule has 0 aromatic heterocycles. The summed E-state index contributed by atoms with van der Waals surface area (Å²) >= 11 is 3.53. The molecule has 0 radical (unpaired) electrons. The van der Waals surface area contributed by atoms with E-state index in [2.05, 4.69) is 44.3 Å². The molecule has 1 N–H and O–H groups in total. The van der Waals surface area contributed by atoms with Gasteiger partial charge in [-0.15, -0.1) is 0 Å². The minimum Gasteiger partial charge on any atom is -0.445 e. The second-order valence-corrected chi connectivity index (χ2v) is 7.93. The smallest absolute Gasteiger partial charge is 0.407 e. The van der Waals surface area contributed by atoms with Crippen LogP contribution in [-0.2, 0) is 11.2 Å². The number of nitrogens with zero attached hydrogens (tertiary/aromatic N) is 1. The molecule has 4 nitrogen and oxygen atoms in total. The van der Waals surface area contributed by atoms with Crippen LogP contribution in [0.15, 0.2) is 22.7 Å². The highest BCUT2D eigenvalue weighted by Gasteiger charge is 2.36. The Bertz CT molecular complexity index is 599. The van der Waals surface area contributed by atoms with E-state index in [1.54, 1.807) is 0 Å². The lowest BCUT2D eigenvalue weighted by molar-refractivity contribution is -0.0340. The summed E-state index contributed by atoms with van der Waals surface area (Å²) in [6.07, 6.45) is 5.34. The van der Waals surface area contributed by atoms with Gasteiger partial charge in [-0.1, -0.05) is 22.0 Å². The minimum absolute atomic E-state index is 0.0745. The molecule has 124 valence electrons. The molecule has 1 aromatic rings. The number of alkyl carbamates (subject to hydrolysis) is 1. The van der Waals surface area contributed by atoms with Crippen molar-refractivity contribution in [1.29, 1.82) is 0 Å². The Labute approximate surface area is 145 Å². The van der Waals surface area contributed by atoms with Crippen molar-refractivity contribution in [2.75, 3.05) is 19.6 Å². The Hall–Kier alpha value is -1.07. The molecule has 1 aromatic carbocycles. The van der Waals surface area contributed by atoms with Crippen molar-refractivity contribution >= 4 is 22.0 Å². The quantitative estimate of drug-likeness (QED) is 0.853. The van der Waals surface area contributed by atoms with Crippen molar-refractivity contribution in [1.82, 2.24) is 10.2 Å². The molecule has 2 bridgehead atoms. The predicted molar refractivity (Wildman–Crippen MR) is 92.4 cm³/mol. The molecular weight excluding hydrogens is 356 g/mol. The van der Waals surface area contributed by atoms with Crippen molar-refractivity contribution in [2.45, 2.75) is 44.2 Å². The molecule has 5 rings (SSSR count). The van der Waals surface area contributed by atoms with Gasteiger partial charge in [0.1, 0.15) is 6.10 Å². The molecule has 2 atom stereocenters. The Kier molecular flexibility index (Phi) is 4.33. The number of carbonyl (C=O) groups is 1. The first-order valence-corrected chi connectivity index (χ1v) is 9.46. The number of hydrogen-bond acceptors (Lipinski definition) is 3. The van der Waals surface area contributed by atoms with E-state index in [-0.39, 0.29) is 18.2 Å². The van der Waals surface area contributed by atoms with Crippen molar-refractivity contribution < 1.29 is 9.53 Å². The van der Waals surface area contributed by atoms with Gasteiger partial charge in [-0.05, 0) is 74.4 Å². The van der Waals surface area contributed by atoms with Crippen LogP contribution < -0.4 is 5.32 Å². The number of fused-ring (bicyclic) bond motifs is 4. The topological polar surface area (TPSA) is 41.6 Å². The van der Waals surface area contributed by atoms with Crippen molar-refractivity contribution in [3.63, 3.8) is 0 Å². The zero-order valence-corrected chi connectivity index (χ0v) is 14.8. The molecule has 3 fully saturated rings. The fourth-order valence-electron chi connectivity index (χ4n) is 4.29. The number of aryl methyl sites for hydroxylation is 1. The van der Waals surface area contributed by atoms with E-state index in [9.17, 15) is 4.79 Å². The van der Waals surface area contributed by atoms with E-state index in [1.165, 1.54) is 11.1 Å². The first-order valence-electron chi connectivity index (χ1n) is 8.67. The van der Waals surface area contributed by atoms with Gasteiger partial charge in [0, 0.05) is 11.0 Å². The summed E-state index contributed by atoms with van der Waals surface area (Å²) in [5, 5.41) is 3.11. The van der Waals surface area contributed by atoms with E-state index in [1.807, 2.05) is 0 Å². The third-order valence-electron chi connectivity index (χ3n) is 5.57. The van der Waals surface area contributed by atoms with Gasteiger partial charge in [0.2, 0.25) is 0 Å². The van der Waals surface area contributed by atoms with Gasteiger partial charge in [0.15, 0.2) is 0 Å². The number of nitrogens with one attached hydrogen (secondary N) is 1. The number of rotatable bonds is 2. The molecule has 23 heavy (non-hydrogen) atoms. The largest absolute Gasteiger partial charge is 0.445 e. The van der Waals surface area contributed by atoms with Crippen LogP contribution in [0, 0.1) is 5.92 Å². The highest BCUT2D eigenvalue weighted by molar-refractivity contribution is 9.10. The fourth-order valence-corrected chi connectivity index (χ4v) is 4.70. The maximum Gasteiger partial charge on any atom is 0.407 e. The summed E-state index contributed by atoms with van der Waals surface area (Å²) in [5.74, 6) is 0.556. The molecule has 3 saturated heterocycles. The average Bonchev–Trinajstić information content (AvgIpc) is 2.56. The van der Waals surface area contributed by atoms with Crippen LogP contribution in [0.25, 0.3) is 0 Å². The number of benzene rings is 1. The Morgan fingerprint density at radius 2 is 2.09 bits per heavy atom. The normalized spacial score (nSPS) is 32.2. The highest BCUT2D eigenvalue weighted by Crippen LogP contribution is 2.33. The molecule has 1 amide bonds. The number of amides is 1. The SMILES string of the molecule is O=C(NC1CCCc2cc(Br)ccc21)O[C@H]1CN2CCC1CC2. The Morgan fingerprint density at radius 1 is 1.26 bits per heavy atom. The number of halogens is 1. The second-order valence-electron chi connectivity index (χ2n) is 7.01. The summed E-state index contributed by atoms with van der Waals surface area (Å²) in [5.41, 5.74) is 2.57. The zero-order valence-electron chi connectivity index (χ0n) is 13.3. The summed E-state index contributed by atoms with van der Waals surface area (Å²) in [7, 11) is 0. The van der Waals surface area contributed by atoms with Crippen LogP contribution in [0.2, 0.25) is 0 Å². The van der Waals surface area contributed by atoms with Crippen LogP contribution >= 0.6 is 15.9 Å². The van der Waals surface area contributed by atoms with Gasteiger partial charge in [0.25, 0.3) is 0 Å². The van der Waals surface area contributed by atoms with Crippen LogP contribution in [0.3, 0.4) is 0 Å². The first kappa shape index (κ1) is 15.5. The molecule has 5 heteroatoms. The van der Waals surface area contributed by atoms with E-state index < -0.39 is 0 Å². The second kappa shape index (κ2) is 6.44. The standard InChI is InChI=1S/C18H23BrN2O2/c19-14-4-5-15-13(10-14)2-1-3-16(15)20-18(22)23-17-11-21-8-6-12(17)7-9-21/h4-5,10,12,16-17H,1-3,6-9,11H2,(H,20,22)/t16?,17-/m0/s1. The van der Waals surface area contributed by atoms with Crippen molar-refractivity contribution in [3.8, 4) is 0 Å². The first-order chi connectivity index (χ1) is 11.2. The third-order valence-corrected chi connectivity index (χ3v) is 6.06. The highest BCUT2D eigenvalue weighted by atomic mass is 79.9. The number of piperidine rings is 3. The molecule has 3 aliphatic heterocycles. The van der Waals surface area contributed by atoms with Crippen LogP contribution in [0.5, 0.6) is 0 Å². The van der Waals surface area contributed by atoms with E-state index in [0.29, 0.717) is 5.92 Å². The predicted octanol–water partition coefficient (Wildman–Crippen LogP) is 3.65. The van der Waals surface area contributed by atoms with Crippen molar-refractivity contribution in [2.24, 2.45) is 5.92 Å². The molecule has 0 saturated carbocycles. The molecule has 0 spiro atoms. The van der Waals surface area contributed by atoms with Crippen LogP contribution in [0.1, 0.15) is 42.9 Å². The molecule has 3 heterocycles. The maximum atomic E-state index is 12.4. The monoisotopic (exact) mass is 378 g/mol. The molecular formula is C18H23BrN2O2. The van der Waals surface area contributed by atoms with Gasteiger partial charge >= 0.3 is 6.09 Å².